The normalized spacial score (nSPS) is 10.3. The van der Waals surface area contributed by atoms with Gasteiger partial charge in [-0.05, 0) is 10.4 Å². The van der Waals surface area contributed by atoms with Gasteiger partial charge in [0, 0.05) is 7.05 Å². The van der Waals surface area contributed by atoms with Crippen molar-refractivity contribution in [3.05, 3.63) is 18.5 Å². The Morgan fingerprint density at radius 1 is 1.62 bits per heavy atom. The lowest BCUT2D eigenvalue weighted by Gasteiger charge is -2.14. The zero-order chi connectivity index (χ0) is 11.4. The van der Waals surface area contributed by atoms with Gasteiger partial charge >= 0.3 is 0 Å². The fourth-order valence-corrected chi connectivity index (χ4v) is 1.13. The molecule has 2 aromatic heterocycles. The molecule has 2 heterocycles. The van der Waals surface area contributed by atoms with Crippen LogP contribution in [0.15, 0.2) is 12.7 Å². The third-order valence-electron chi connectivity index (χ3n) is 1.97. The second-order valence-electron chi connectivity index (χ2n) is 3.19. The molecule has 0 atom stereocenters. The van der Waals surface area contributed by atoms with Crippen molar-refractivity contribution in [2.45, 2.75) is 13.1 Å². The Labute approximate surface area is 90.5 Å². The molecule has 16 heavy (non-hydrogen) atoms. The first-order valence-electron chi connectivity index (χ1n) is 4.54. The number of nitrogens with zero attached hydrogens (tertiary/aromatic N) is 7. The van der Waals surface area contributed by atoms with Crippen LogP contribution in [-0.2, 0) is 17.9 Å². The standard InChI is InChI=1S/C7H10N8O/c1-14(2-6-8-4-9-11-6)7(16)3-15-5-10-12-13-15/h4-5H,2-3H2,1H3,(H,8,9,11). The highest BCUT2D eigenvalue weighted by Gasteiger charge is 2.11. The van der Waals surface area contributed by atoms with Crippen LogP contribution in [0.4, 0.5) is 0 Å². The molecule has 0 saturated carbocycles. The quantitative estimate of drug-likeness (QED) is 0.671. The van der Waals surface area contributed by atoms with Crippen molar-refractivity contribution < 1.29 is 4.79 Å². The Bertz CT molecular complexity index is 435. The molecule has 0 unspecified atom stereocenters. The lowest BCUT2D eigenvalue weighted by Crippen LogP contribution is -2.30. The molecule has 9 nitrogen and oxygen atoms in total. The van der Waals surface area contributed by atoms with Crippen molar-refractivity contribution in [3.8, 4) is 0 Å². The number of hydrogen-bond acceptors (Lipinski definition) is 6. The molecule has 0 aliphatic heterocycles. The van der Waals surface area contributed by atoms with Gasteiger partial charge in [-0.2, -0.15) is 5.10 Å². The van der Waals surface area contributed by atoms with Crippen LogP contribution >= 0.6 is 0 Å². The first-order chi connectivity index (χ1) is 7.75. The van der Waals surface area contributed by atoms with Crippen LogP contribution in [0.2, 0.25) is 0 Å². The van der Waals surface area contributed by atoms with E-state index in [1.54, 1.807) is 7.05 Å². The number of likely N-dealkylation sites (N-methyl/N-ethyl adjacent to an activating group) is 1. The number of tetrazole rings is 1. The molecule has 0 bridgehead atoms. The summed E-state index contributed by atoms with van der Waals surface area (Å²) in [7, 11) is 1.68. The maximum absolute atomic E-state index is 11.7. The molecule has 0 aliphatic carbocycles. The minimum absolute atomic E-state index is 0.108. The molecule has 84 valence electrons. The van der Waals surface area contributed by atoms with Gasteiger partial charge in [-0.15, -0.1) is 5.10 Å². The summed E-state index contributed by atoms with van der Waals surface area (Å²) in [5.41, 5.74) is 0. The van der Waals surface area contributed by atoms with E-state index in [0.717, 1.165) is 0 Å². The molecule has 0 fully saturated rings. The Kier molecular flexibility index (Phi) is 2.85. The van der Waals surface area contributed by atoms with Crippen LogP contribution < -0.4 is 0 Å². The Morgan fingerprint density at radius 3 is 3.12 bits per heavy atom. The number of amides is 1. The molecule has 0 spiro atoms. The molecular weight excluding hydrogens is 212 g/mol. The summed E-state index contributed by atoms with van der Waals surface area (Å²) in [6.45, 7) is 0.485. The zero-order valence-corrected chi connectivity index (χ0v) is 8.61. The summed E-state index contributed by atoms with van der Waals surface area (Å²) in [4.78, 5) is 17.1. The Balaban J connectivity index is 1.90. The van der Waals surface area contributed by atoms with E-state index < -0.39 is 0 Å². The maximum Gasteiger partial charge on any atom is 0.244 e. The fraction of sp³-hybridized carbons (Fsp3) is 0.429. The van der Waals surface area contributed by atoms with Gasteiger partial charge in [-0.3, -0.25) is 9.89 Å². The lowest BCUT2D eigenvalue weighted by molar-refractivity contribution is -0.131. The van der Waals surface area contributed by atoms with Crippen LogP contribution in [0.1, 0.15) is 5.82 Å². The van der Waals surface area contributed by atoms with Gasteiger partial charge in [-0.25, -0.2) is 9.67 Å². The topological polar surface area (TPSA) is 105 Å². The molecule has 0 aromatic carbocycles. The highest BCUT2D eigenvalue weighted by atomic mass is 16.2. The summed E-state index contributed by atoms with van der Waals surface area (Å²) in [5.74, 6) is 0.524. The van der Waals surface area contributed by atoms with Crippen molar-refractivity contribution >= 4 is 5.91 Å². The first kappa shape index (κ1) is 10.2. The van der Waals surface area contributed by atoms with Gasteiger partial charge in [0.25, 0.3) is 0 Å². The van der Waals surface area contributed by atoms with E-state index in [4.69, 9.17) is 0 Å². The SMILES string of the molecule is CN(Cc1ncn[nH]1)C(=O)Cn1cnnn1. The van der Waals surface area contributed by atoms with E-state index in [-0.39, 0.29) is 12.5 Å². The molecule has 2 rings (SSSR count). The van der Waals surface area contributed by atoms with E-state index in [0.29, 0.717) is 12.4 Å². The van der Waals surface area contributed by atoms with E-state index >= 15 is 0 Å². The van der Waals surface area contributed by atoms with E-state index in [9.17, 15) is 4.79 Å². The van der Waals surface area contributed by atoms with Gasteiger partial charge in [0.1, 0.15) is 25.0 Å². The highest BCUT2D eigenvalue weighted by molar-refractivity contribution is 5.75. The van der Waals surface area contributed by atoms with E-state index in [1.807, 2.05) is 0 Å². The minimum atomic E-state index is -0.108. The van der Waals surface area contributed by atoms with Crippen LogP contribution in [0.25, 0.3) is 0 Å². The number of aromatic nitrogens is 7. The van der Waals surface area contributed by atoms with Crippen molar-refractivity contribution in [2.24, 2.45) is 0 Å². The molecule has 0 saturated heterocycles. The zero-order valence-electron chi connectivity index (χ0n) is 8.61. The monoisotopic (exact) mass is 222 g/mol. The van der Waals surface area contributed by atoms with Gasteiger partial charge in [0.05, 0.1) is 6.54 Å². The third kappa shape index (κ3) is 2.38. The maximum atomic E-state index is 11.7. The van der Waals surface area contributed by atoms with E-state index in [2.05, 4.69) is 30.7 Å². The molecule has 9 heteroatoms. The van der Waals surface area contributed by atoms with Crippen LogP contribution in [0.5, 0.6) is 0 Å². The number of rotatable bonds is 4. The predicted octanol–water partition coefficient (Wildman–Crippen LogP) is -1.55. The largest absolute Gasteiger partial charge is 0.337 e. The van der Waals surface area contributed by atoms with Crippen molar-refractivity contribution in [3.63, 3.8) is 0 Å². The number of carbonyl (C=O) groups is 1. The number of nitrogens with one attached hydrogen (secondary N) is 1. The highest BCUT2D eigenvalue weighted by Crippen LogP contribution is 1.96. The Morgan fingerprint density at radius 2 is 2.50 bits per heavy atom. The average molecular weight is 222 g/mol. The smallest absolute Gasteiger partial charge is 0.244 e. The predicted molar refractivity (Wildman–Crippen MR) is 50.7 cm³/mol. The summed E-state index contributed by atoms with van der Waals surface area (Å²) in [6.07, 6.45) is 2.79. The van der Waals surface area contributed by atoms with E-state index in [1.165, 1.54) is 22.2 Å². The third-order valence-corrected chi connectivity index (χ3v) is 1.97. The van der Waals surface area contributed by atoms with Crippen LogP contribution in [0, 0.1) is 0 Å². The van der Waals surface area contributed by atoms with Gasteiger partial charge < -0.3 is 4.90 Å². The summed E-state index contributed by atoms with van der Waals surface area (Å²) < 4.78 is 1.36. The number of H-pyrrole nitrogens is 1. The summed E-state index contributed by atoms with van der Waals surface area (Å²) in [6, 6.07) is 0. The number of hydrogen-bond donors (Lipinski definition) is 1. The molecular formula is C7H10N8O. The lowest BCUT2D eigenvalue weighted by atomic mass is 10.4. The minimum Gasteiger partial charge on any atom is -0.337 e. The van der Waals surface area contributed by atoms with Gasteiger partial charge in [0.2, 0.25) is 5.91 Å². The molecule has 0 aliphatic rings. The summed E-state index contributed by atoms with van der Waals surface area (Å²) in [5, 5.41) is 16.9. The Hall–Kier alpha value is -2.32. The van der Waals surface area contributed by atoms with Crippen LogP contribution in [0.3, 0.4) is 0 Å². The van der Waals surface area contributed by atoms with Gasteiger partial charge in [-0.1, -0.05) is 0 Å². The second-order valence-corrected chi connectivity index (χ2v) is 3.19. The molecule has 2 aromatic rings. The molecule has 1 amide bonds. The summed E-state index contributed by atoms with van der Waals surface area (Å²) >= 11 is 0. The van der Waals surface area contributed by atoms with Crippen molar-refractivity contribution in [2.75, 3.05) is 7.05 Å². The average Bonchev–Trinajstić information content (AvgIpc) is 2.90. The molecule has 1 N–H and O–H groups in total. The molecule has 0 radical (unpaired) electrons. The van der Waals surface area contributed by atoms with Crippen molar-refractivity contribution in [1.29, 1.82) is 0 Å². The second kappa shape index (κ2) is 4.47. The number of aromatic amines is 1. The van der Waals surface area contributed by atoms with Crippen molar-refractivity contribution in [1.82, 2.24) is 40.3 Å². The van der Waals surface area contributed by atoms with Crippen LogP contribution in [-0.4, -0.2) is 53.2 Å². The first-order valence-corrected chi connectivity index (χ1v) is 4.54. The number of carbonyl (C=O) groups excluding carboxylic acids is 1. The fourth-order valence-electron chi connectivity index (χ4n) is 1.13. The van der Waals surface area contributed by atoms with Gasteiger partial charge in [0.15, 0.2) is 0 Å².